The van der Waals surface area contributed by atoms with Crippen molar-refractivity contribution in [2.75, 3.05) is 11.0 Å². The molecular formula is C21H20F2N2O4S. The van der Waals surface area contributed by atoms with Crippen LogP contribution in [0.15, 0.2) is 53.5 Å². The van der Waals surface area contributed by atoms with Crippen molar-refractivity contribution in [1.29, 1.82) is 0 Å². The van der Waals surface area contributed by atoms with E-state index < -0.39 is 21.7 Å². The van der Waals surface area contributed by atoms with Crippen LogP contribution in [0.5, 0.6) is 11.5 Å². The predicted molar refractivity (Wildman–Crippen MR) is 111 cm³/mol. The molecule has 0 saturated carbocycles. The van der Waals surface area contributed by atoms with E-state index in [0.717, 1.165) is 18.4 Å². The number of nitrogens with zero attached hydrogens (tertiary/aromatic N) is 1. The molecule has 1 heterocycles. The second-order valence-corrected chi connectivity index (χ2v) is 8.53. The SMILES string of the molecule is CCc1cc(-c2cc(NS(C)(=O)=O)ccc2Oc2ccc(F)cc2F)cn(C)c1=O. The summed E-state index contributed by atoms with van der Waals surface area (Å²) in [5.41, 5.74) is 1.67. The first-order valence-corrected chi connectivity index (χ1v) is 10.9. The van der Waals surface area contributed by atoms with Gasteiger partial charge in [0.15, 0.2) is 11.6 Å². The van der Waals surface area contributed by atoms with Crippen molar-refractivity contribution >= 4 is 15.7 Å². The fourth-order valence-corrected chi connectivity index (χ4v) is 3.53. The van der Waals surface area contributed by atoms with Crippen LogP contribution in [0.3, 0.4) is 0 Å². The molecule has 0 aliphatic heterocycles. The maximum absolute atomic E-state index is 14.1. The Balaban J connectivity index is 2.17. The number of pyridine rings is 1. The molecule has 1 N–H and O–H groups in total. The summed E-state index contributed by atoms with van der Waals surface area (Å²) < 4.78 is 60.0. The maximum atomic E-state index is 14.1. The van der Waals surface area contributed by atoms with Gasteiger partial charge in [0.25, 0.3) is 5.56 Å². The van der Waals surface area contributed by atoms with Gasteiger partial charge in [-0.1, -0.05) is 6.92 Å². The summed E-state index contributed by atoms with van der Waals surface area (Å²) in [4.78, 5) is 12.2. The molecule has 0 bridgehead atoms. The van der Waals surface area contributed by atoms with Crippen LogP contribution >= 0.6 is 0 Å². The van der Waals surface area contributed by atoms with Crippen molar-refractivity contribution < 1.29 is 21.9 Å². The number of benzene rings is 2. The third-order valence-corrected chi connectivity index (χ3v) is 4.95. The molecule has 1 aromatic heterocycles. The molecule has 30 heavy (non-hydrogen) atoms. The minimum absolute atomic E-state index is 0.154. The molecule has 0 unspecified atom stereocenters. The Labute approximate surface area is 172 Å². The molecule has 0 radical (unpaired) electrons. The lowest BCUT2D eigenvalue weighted by molar-refractivity contribution is 0.439. The summed E-state index contributed by atoms with van der Waals surface area (Å²) in [7, 11) is -1.93. The van der Waals surface area contributed by atoms with Gasteiger partial charge in [-0.15, -0.1) is 0 Å². The van der Waals surface area contributed by atoms with Gasteiger partial charge in [-0.05, 0) is 42.8 Å². The van der Waals surface area contributed by atoms with Crippen molar-refractivity contribution in [3.63, 3.8) is 0 Å². The van der Waals surface area contributed by atoms with Crippen LogP contribution in [0, 0.1) is 11.6 Å². The summed E-state index contributed by atoms with van der Waals surface area (Å²) >= 11 is 0. The smallest absolute Gasteiger partial charge is 0.253 e. The predicted octanol–water partition coefficient (Wildman–Crippen LogP) is 4.06. The van der Waals surface area contributed by atoms with Gasteiger partial charge in [0.05, 0.1) is 6.26 Å². The Hall–Kier alpha value is -3.20. The minimum atomic E-state index is -3.53. The second kappa shape index (κ2) is 8.27. The number of aryl methyl sites for hydroxylation is 2. The van der Waals surface area contributed by atoms with Crippen LogP contribution in [0.25, 0.3) is 11.1 Å². The zero-order valence-corrected chi connectivity index (χ0v) is 17.4. The van der Waals surface area contributed by atoms with Gasteiger partial charge in [-0.2, -0.15) is 0 Å². The molecule has 158 valence electrons. The first kappa shape index (κ1) is 21.5. The molecule has 0 aliphatic carbocycles. The molecular weight excluding hydrogens is 414 g/mol. The number of hydrogen-bond acceptors (Lipinski definition) is 4. The lowest BCUT2D eigenvalue weighted by atomic mass is 10.0. The highest BCUT2D eigenvalue weighted by atomic mass is 32.2. The molecule has 0 aliphatic rings. The van der Waals surface area contributed by atoms with Crippen molar-refractivity contribution in [3.8, 4) is 22.6 Å². The Kier molecular flexibility index (Phi) is 5.93. The van der Waals surface area contributed by atoms with E-state index in [4.69, 9.17) is 4.74 Å². The van der Waals surface area contributed by atoms with E-state index in [-0.39, 0.29) is 22.7 Å². The third kappa shape index (κ3) is 4.85. The Morgan fingerprint density at radius 2 is 1.77 bits per heavy atom. The van der Waals surface area contributed by atoms with E-state index in [2.05, 4.69) is 4.72 Å². The van der Waals surface area contributed by atoms with Crippen LogP contribution in [0.4, 0.5) is 14.5 Å². The fraction of sp³-hybridized carbons (Fsp3) is 0.190. The van der Waals surface area contributed by atoms with Crippen LogP contribution in [-0.4, -0.2) is 19.2 Å². The van der Waals surface area contributed by atoms with Gasteiger partial charge in [0.1, 0.15) is 11.6 Å². The largest absolute Gasteiger partial charge is 0.454 e. The van der Waals surface area contributed by atoms with Crippen LogP contribution in [-0.2, 0) is 23.5 Å². The lowest BCUT2D eigenvalue weighted by Crippen LogP contribution is -2.20. The maximum Gasteiger partial charge on any atom is 0.253 e. The van der Waals surface area contributed by atoms with Gasteiger partial charge in [-0.3, -0.25) is 9.52 Å². The van der Waals surface area contributed by atoms with Crippen molar-refractivity contribution in [2.45, 2.75) is 13.3 Å². The number of nitrogens with one attached hydrogen (secondary N) is 1. The highest BCUT2D eigenvalue weighted by Gasteiger charge is 2.15. The second-order valence-electron chi connectivity index (χ2n) is 6.79. The Bertz CT molecular complexity index is 1270. The zero-order chi connectivity index (χ0) is 22.1. The average Bonchev–Trinajstić information content (AvgIpc) is 2.66. The first-order valence-electron chi connectivity index (χ1n) is 9.02. The topological polar surface area (TPSA) is 77.4 Å². The summed E-state index contributed by atoms with van der Waals surface area (Å²) in [5.74, 6) is -1.60. The first-order chi connectivity index (χ1) is 14.1. The molecule has 0 fully saturated rings. The van der Waals surface area contributed by atoms with E-state index in [1.807, 2.05) is 6.92 Å². The summed E-state index contributed by atoms with van der Waals surface area (Å²) in [6.45, 7) is 1.84. The number of halogens is 2. The molecule has 0 saturated heterocycles. The normalized spacial score (nSPS) is 11.4. The fourth-order valence-electron chi connectivity index (χ4n) is 2.98. The molecule has 0 amide bonds. The Morgan fingerprint density at radius 1 is 1.07 bits per heavy atom. The standard InChI is InChI=1S/C21H20F2N2O4S/c1-4-13-9-14(12-25(2)21(13)26)17-11-16(24-30(3,27)28)6-8-19(17)29-20-7-5-15(22)10-18(20)23/h5-12,24H,4H2,1-3H3. The summed E-state index contributed by atoms with van der Waals surface area (Å²) in [6, 6.07) is 9.07. The Morgan fingerprint density at radius 3 is 2.40 bits per heavy atom. The van der Waals surface area contributed by atoms with Crippen LogP contribution < -0.4 is 15.0 Å². The van der Waals surface area contributed by atoms with Crippen LogP contribution in [0.1, 0.15) is 12.5 Å². The molecule has 0 atom stereocenters. The summed E-state index contributed by atoms with van der Waals surface area (Å²) in [6.07, 6.45) is 3.09. The number of sulfonamides is 1. The van der Waals surface area contributed by atoms with Gasteiger partial charge >= 0.3 is 0 Å². The average molecular weight is 434 g/mol. The van der Waals surface area contributed by atoms with E-state index >= 15 is 0 Å². The van der Waals surface area contributed by atoms with Crippen molar-refractivity contribution in [2.24, 2.45) is 7.05 Å². The molecule has 9 heteroatoms. The summed E-state index contributed by atoms with van der Waals surface area (Å²) in [5, 5.41) is 0. The quantitative estimate of drug-likeness (QED) is 0.635. The minimum Gasteiger partial charge on any atom is -0.454 e. The van der Waals surface area contributed by atoms with Crippen molar-refractivity contribution in [1.82, 2.24) is 4.57 Å². The number of anilines is 1. The molecule has 3 rings (SSSR count). The monoisotopic (exact) mass is 434 g/mol. The van der Waals surface area contributed by atoms with Gasteiger partial charge in [0.2, 0.25) is 10.0 Å². The lowest BCUT2D eigenvalue weighted by Gasteiger charge is -2.15. The number of ether oxygens (including phenoxy) is 1. The molecule has 6 nitrogen and oxygen atoms in total. The molecule has 0 spiro atoms. The van der Waals surface area contributed by atoms with E-state index in [1.165, 1.54) is 22.8 Å². The van der Waals surface area contributed by atoms with Crippen molar-refractivity contribution in [3.05, 3.63) is 76.2 Å². The third-order valence-electron chi connectivity index (χ3n) is 4.35. The molecule has 2 aromatic carbocycles. The van der Waals surface area contributed by atoms with E-state index in [1.54, 1.807) is 19.3 Å². The van der Waals surface area contributed by atoms with Gasteiger partial charge in [-0.25, -0.2) is 17.2 Å². The highest BCUT2D eigenvalue weighted by Crippen LogP contribution is 2.36. The number of hydrogen-bond donors (Lipinski definition) is 1. The van der Waals surface area contributed by atoms with E-state index in [9.17, 15) is 22.0 Å². The molecule has 3 aromatic rings. The zero-order valence-electron chi connectivity index (χ0n) is 16.6. The highest BCUT2D eigenvalue weighted by molar-refractivity contribution is 7.92. The van der Waals surface area contributed by atoms with Gasteiger partial charge in [0, 0.05) is 41.7 Å². The van der Waals surface area contributed by atoms with E-state index in [0.29, 0.717) is 29.2 Å². The van der Waals surface area contributed by atoms with Gasteiger partial charge < -0.3 is 9.30 Å². The number of rotatable bonds is 6. The van der Waals surface area contributed by atoms with Crippen LogP contribution in [0.2, 0.25) is 0 Å². The number of aromatic nitrogens is 1.